The number of carboxylic acids is 1. The van der Waals surface area contributed by atoms with Crippen molar-refractivity contribution < 1.29 is 9.90 Å². The zero-order chi connectivity index (χ0) is 12.5. The summed E-state index contributed by atoms with van der Waals surface area (Å²) in [6.45, 7) is 3.42. The van der Waals surface area contributed by atoms with Gasteiger partial charge in [-0.2, -0.15) is 0 Å². The number of rotatable bonds is 3. The fourth-order valence-electron chi connectivity index (χ4n) is 2.32. The Morgan fingerprint density at radius 2 is 2.12 bits per heavy atom. The molecule has 0 radical (unpaired) electrons. The third-order valence-electron chi connectivity index (χ3n) is 3.54. The van der Waals surface area contributed by atoms with Crippen LogP contribution in [-0.4, -0.2) is 28.1 Å². The number of nitrogens with zero attached hydrogens (tertiary/aromatic N) is 1. The number of aliphatic carboxylic acids is 1. The van der Waals surface area contributed by atoms with Crippen LogP contribution in [0.2, 0.25) is 0 Å². The van der Waals surface area contributed by atoms with Gasteiger partial charge in [-0.25, -0.2) is 0 Å². The van der Waals surface area contributed by atoms with Crippen molar-refractivity contribution in [1.82, 2.24) is 4.90 Å². The van der Waals surface area contributed by atoms with Crippen LogP contribution in [0.15, 0.2) is 24.3 Å². The molecule has 3 nitrogen and oxygen atoms in total. The van der Waals surface area contributed by atoms with E-state index >= 15 is 0 Å². The quantitative estimate of drug-likeness (QED) is 0.857. The van der Waals surface area contributed by atoms with Gasteiger partial charge in [-0.05, 0) is 66.6 Å². The van der Waals surface area contributed by atoms with Crippen molar-refractivity contribution in [3.8, 4) is 0 Å². The Kier molecular flexibility index (Phi) is 3.73. The predicted molar refractivity (Wildman–Crippen MR) is 74.8 cm³/mol. The Labute approximate surface area is 115 Å². The van der Waals surface area contributed by atoms with Gasteiger partial charge in [0.2, 0.25) is 0 Å². The van der Waals surface area contributed by atoms with E-state index in [1.807, 2.05) is 6.92 Å². The molecule has 1 aromatic rings. The zero-order valence-corrected chi connectivity index (χ0v) is 12.0. The van der Waals surface area contributed by atoms with Gasteiger partial charge in [-0.1, -0.05) is 12.1 Å². The van der Waals surface area contributed by atoms with Crippen molar-refractivity contribution in [3.05, 3.63) is 33.4 Å². The Hall–Kier alpha value is -0.620. The number of halogens is 1. The molecule has 1 atom stereocenters. The van der Waals surface area contributed by atoms with Crippen LogP contribution < -0.4 is 0 Å². The van der Waals surface area contributed by atoms with Gasteiger partial charge >= 0.3 is 5.97 Å². The number of hydrogen-bond acceptors (Lipinski definition) is 2. The largest absolute Gasteiger partial charge is 0.480 e. The van der Waals surface area contributed by atoms with E-state index in [0.29, 0.717) is 0 Å². The van der Waals surface area contributed by atoms with E-state index < -0.39 is 11.5 Å². The maximum absolute atomic E-state index is 11.3. The number of carboxylic acid groups (broad SMARTS) is 1. The lowest BCUT2D eigenvalue weighted by atomic mass is 9.99. The molecule has 1 aliphatic heterocycles. The molecule has 0 aromatic heterocycles. The SMILES string of the molecule is CC1(C(=O)O)CCCN1Cc1ccc(I)cc1. The minimum absolute atomic E-state index is 0.691. The molecular weight excluding hydrogens is 329 g/mol. The molecule has 1 saturated heterocycles. The van der Waals surface area contributed by atoms with Crippen LogP contribution in [0.3, 0.4) is 0 Å². The van der Waals surface area contributed by atoms with E-state index in [0.717, 1.165) is 25.9 Å². The third kappa shape index (κ3) is 2.63. The average Bonchev–Trinajstić information content (AvgIpc) is 2.65. The molecule has 1 unspecified atom stereocenters. The maximum atomic E-state index is 11.3. The van der Waals surface area contributed by atoms with Crippen molar-refractivity contribution in [2.75, 3.05) is 6.54 Å². The second kappa shape index (κ2) is 4.94. The molecule has 1 heterocycles. The molecule has 17 heavy (non-hydrogen) atoms. The van der Waals surface area contributed by atoms with E-state index in [1.165, 1.54) is 9.13 Å². The summed E-state index contributed by atoms with van der Waals surface area (Å²) in [5, 5.41) is 9.32. The van der Waals surface area contributed by atoms with Gasteiger partial charge < -0.3 is 5.11 Å². The van der Waals surface area contributed by atoms with Crippen molar-refractivity contribution in [2.45, 2.75) is 31.8 Å². The maximum Gasteiger partial charge on any atom is 0.323 e. The summed E-state index contributed by atoms with van der Waals surface area (Å²) < 4.78 is 1.20. The zero-order valence-electron chi connectivity index (χ0n) is 9.82. The lowest BCUT2D eigenvalue weighted by Gasteiger charge is -2.31. The molecule has 1 aromatic carbocycles. The Balaban J connectivity index is 2.13. The monoisotopic (exact) mass is 345 g/mol. The van der Waals surface area contributed by atoms with Gasteiger partial charge in [0.15, 0.2) is 0 Å². The molecule has 0 amide bonds. The first-order valence-electron chi connectivity index (χ1n) is 5.75. The summed E-state index contributed by atoms with van der Waals surface area (Å²) in [4.78, 5) is 13.4. The summed E-state index contributed by atoms with van der Waals surface area (Å²) in [6.07, 6.45) is 1.71. The highest BCUT2D eigenvalue weighted by molar-refractivity contribution is 14.1. The topological polar surface area (TPSA) is 40.5 Å². The smallest absolute Gasteiger partial charge is 0.323 e. The lowest BCUT2D eigenvalue weighted by Crippen LogP contribution is -2.47. The highest BCUT2D eigenvalue weighted by Crippen LogP contribution is 2.30. The van der Waals surface area contributed by atoms with E-state index in [2.05, 4.69) is 51.8 Å². The van der Waals surface area contributed by atoms with E-state index in [4.69, 9.17) is 0 Å². The van der Waals surface area contributed by atoms with E-state index in [-0.39, 0.29) is 0 Å². The van der Waals surface area contributed by atoms with Crippen molar-refractivity contribution in [3.63, 3.8) is 0 Å². The average molecular weight is 345 g/mol. The van der Waals surface area contributed by atoms with Gasteiger partial charge in [-0.3, -0.25) is 9.69 Å². The second-order valence-corrected chi connectivity index (χ2v) is 5.98. The number of likely N-dealkylation sites (tertiary alicyclic amines) is 1. The molecule has 1 fully saturated rings. The molecule has 2 rings (SSSR count). The van der Waals surface area contributed by atoms with Crippen molar-refractivity contribution in [2.24, 2.45) is 0 Å². The lowest BCUT2D eigenvalue weighted by molar-refractivity contribution is -0.148. The standard InChI is InChI=1S/C13H16INO2/c1-13(12(16)17)7-2-8-15(13)9-10-3-5-11(14)6-4-10/h3-6H,2,7-9H2,1H3,(H,16,17). The molecule has 0 spiro atoms. The van der Waals surface area contributed by atoms with Crippen LogP contribution in [-0.2, 0) is 11.3 Å². The predicted octanol–water partition coefficient (Wildman–Crippen LogP) is 2.73. The first-order valence-corrected chi connectivity index (χ1v) is 6.83. The van der Waals surface area contributed by atoms with Crippen molar-refractivity contribution in [1.29, 1.82) is 0 Å². The van der Waals surface area contributed by atoms with E-state index in [9.17, 15) is 9.90 Å². The van der Waals surface area contributed by atoms with Gasteiger partial charge in [0.05, 0.1) is 0 Å². The fourth-order valence-corrected chi connectivity index (χ4v) is 2.68. The molecule has 4 heteroatoms. The number of carbonyl (C=O) groups is 1. The normalized spacial score (nSPS) is 25.1. The van der Waals surface area contributed by atoms with Gasteiger partial charge in [0.25, 0.3) is 0 Å². The summed E-state index contributed by atoms with van der Waals surface area (Å²) in [6, 6.07) is 8.26. The van der Waals surface area contributed by atoms with Crippen LogP contribution in [0.25, 0.3) is 0 Å². The summed E-state index contributed by atoms with van der Waals surface area (Å²) in [7, 11) is 0. The summed E-state index contributed by atoms with van der Waals surface area (Å²) in [5.74, 6) is -0.708. The second-order valence-electron chi connectivity index (χ2n) is 4.73. The molecule has 1 N–H and O–H groups in total. The molecule has 1 aliphatic rings. The first-order chi connectivity index (χ1) is 8.02. The summed E-state index contributed by atoms with van der Waals surface area (Å²) >= 11 is 2.27. The number of hydrogen-bond donors (Lipinski definition) is 1. The molecule has 0 saturated carbocycles. The fraction of sp³-hybridized carbons (Fsp3) is 0.462. The van der Waals surface area contributed by atoms with Crippen LogP contribution in [0.4, 0.5) is 0 Å². The van der Waals surface area contributed by atoms with E-state index in [1.54, 1.807) is 0 Å². The van der Waals surface area contributed by atoms with Crippen LogP contribution in [0.5, 0.6) is 0 Å². The highest BCUT2D eigenvalue weighted by atomic mass is 127. The summed E-state index contributed by atoms with van der Waals surface area (Å²) in [5.41, 5.74) is 0.489. The molecule has 0 bridgehead atoms. The van der Waals surface area contributed by atoms with Gasteiger partial charge in [0, 0.05) is 10.1 Å². The Morgan fingerprint density at radius 3 is 2.71 bits per heavy atom. The van der Waals surface area contributed by atoms with Crippen LogP contribution in [0.1, 0.15) is 25.3 Å². The third-order valence-corrected chi connectivity index (χ3v) is 4.26. The van der Waals surface area contributed by atoms with Crippen molar-refractivity contribution >= 4 is 28.6 Å². The van der Waals surface area contributed by atoms with Gasteiger partial charge in [0.1, 0.15) is 5.54 Å². The minimum atomic E-state index is -0.708. The molecular formula is C13H16INO2. The molecule has 92 valence electrons. The highest BCUT2D eigenvalue weighted by Gasteiger charge is 2.42. The molecule has 0 aliphatic carbocycles. The number of benzene rings is 1. The minimum Gasteiger partial charge on any atom is -0.480 e. The Bertz CT molecular complexity index is 418. The first kappa shape index (κ1) is 12.8. The van der Waals surface area contributed by atoms with Crippen LogP contribution >= 0.6 is 22.6 Å². The van der Waals surface area contributed by atoms with Gasteiger partial charge in [-0.15, -0.1) is 0 Å². The van der Waals surface area contributed by atoms with Crippen LogP contribution in [0, 0.1) is 3.57 Å². The Morgan fingerprint density at radius 1 is 1.47 bits per heavy atom.